The number of anilines is 1. The number of primary amides is 1. The highest BCUT2D eigenvalue weighted by Gasteiger charge is 2.30. The molecule has 8 nitrogen and oxygen atoms in total. The van der Waals surface area contributed by atoms with Crippen molar-refractivity contribution in [3.05, 3.63) is 76.6 Å². The number of nitrogens with one attached hydrogen (secondary N) is 2. The van der Waals surface area contributed by atoms with Crippen LogP contribution in [0, 0.1) is 0 Å². The first kappa shape index (κ1) is 14.9. The van der Waals surface area contributed by atoms with Gasteiger partial charge in [-0.05, 0) is 18.2 Å². The fraction of sp³-hybridized carbons (Fsp3) is 0.0588. The van der Waals surface area contributed by atoms with Gasteiger partial charge in [-0.2, -0.15) is 0 Å². The average Bonchev–Trinajstić information content (AvgIpc) is 2.98. The van der Waals surface area contributed by atoms with Crippen LogP contribution in [0.15, 0.2) is 64.6 Å². The molecule has 3 aromatic rings. The van der Waals surface area contributed by atoms with Crippen molar-refractivity contribution >= 4 is 17.4 Å². The first-order valence-electron chi connectivity index (χ1n) is 7.60. The van der Waals surface area contributed by atoms with Crippen LogP contribution < -0.4 is 16.7 Å². The number of rotatable bonds is 3. The molecule has 124 valence electrons. The number of aromatic nitrogens is 3. The molecule has 3 heterocycles. The van der Waals surface area contributed by atoms with E-state index in [4.69, 9.17) is 5.73 Å². The third-order valence-electron chi connectivity index (χ3n) is 3.91. The quantitative estimate of drug-likeness (QED) is 0.661. The van der Waals surface area contributed by atoms with Gasteiger partial charge in [0.25, 0.3) is 5.91 Å². The number of pyridine rings is 1. The maximum Gasteiger partial charge on any atom is 0.332 e. The van der Waals surface area contributed by atoms with Crippen LogP contribution >= 0.6 is 0 Å². The molecule has 4 rings (SSSR count). The van der Waals surface area contributed by atoms with Crippen LogP contribution in [0.25, 0.3) is 5.69 Å². The van der Waals surface area contributed by atoms with Gasteiger partial charge >= 0.3 is 5.69 Å². The molecular formula is C17H14N6O2. The van der Waals surface area contributed by atoms with Gasteiger partial charge in [0.1, 0.15) is 17.7 Å². The number of hydrogen-bond acceptors (Lipinski definition) is 5. The number of benzene rings is 1. The summed E-state index contributed by atoms with van der Waals surface area (Å²) in [6.07, 6.45) is 2.71. The Bertz CT molecular complexity index is 1020. The van der Waals surface area contributed by atoms with Crippen LogP contribution in [0.5, 0.6) is 0 Å². The maximum atomic E-state index is 12.5. The molecule has 1 aliphatic rings. The Morgan fingerprint density at radius 1 is 1.16 bits per heavy atom. The molecule has 0 spiro atoms. The minimum atomic E-state index is -0.710. The van der Waals surface area contributed by atoms with Gasteiger partial charge in [-0.25, -0.2) is 14.4 Å². The second-order valence-corrected chi connectivity index (χ2v) is 5.50. The Morgan fingerprint density at radius 2 is 1.96 bits per heavy atom. The summed E-state index contributed by atoms with van der Waals surface area (Å²) in [6.45, 7) is 0. The Balaban J connectivity index is 1.91. The Kier molecular flexibility index (Phi) is 3.42. The monoisotopic (exact) mass is 334 g/mol. The number of fused-ring (bicyclic) bond motifs is 1. The number of carbonyl (C=O) groups is 1. The molecule has 0 aliphatic carbocycles. The lowest BCUT2D eigenvalue weighted by atomic mass is 10.1. The first-order valence-corrected chi connectivity index (χ1v) is 7.60. The number of amides is 1. The first-order chi connectivity index (χ1) is 12.1. The number of nitrogens with two attached hydrogens (primary N) is 1. The molecule has 1 atom stereocenters. The smallest absolute Gasteiger partial charge is 0.332 e. The van der Waals surface area contributed by atoms with Crippen LogP contribution in [-0.4, -0.2) is 26.2 Å². The van der Waals surface area contributed by atoms with Crippen LogP contribution in [0.1, 0.15) is 17.4 Å². The van der Waals surface area contributed by atoms with E-state index in [1.807, 2.05) is 24.3 Å². The molecule has 4 N–H and O–H groups in total. The van der Waals surface area contributed by atoms with Crippen molar-refractivity contribution in [1.29, 1.82) is 0 Å². The lowest BCUT2D eigenvalue weighted by molar-refractivity contribution is -0.112. The fourth-order valence-corrected chi connectivity index (χ4v) is 2.80. The number of para-hydroxylation sites is 1. The van der Waals surface area contributed by atoms with Crippen molar-refractivity contribution in [2.45, 2.75) is 6.17 Å². The van der Waals surface area contributed by atoms with Crippen LogP contribution in [0.2, 0.25) is 0 Å². The van der Waals surface area contributed by atoms with Gasteiger partial charge in [0, 0.05) is 18.0 Å². The molecule has 1 unspecified atom stereocenters. The molecule has 1 amide bonds. The van der Waals surface area contributed by atoms with Crippen molar-refractivity contribution in [3.63, 3.8) is 0 Å². The van der Waals surface area contributed by atoms with Crippen molar-refractivity contribution in [1.82, 2.24) is 14.5 Å². The molecule has 1 aromatic carbocycles. The third-order valence-corrected chi connectivity index (χ3v) is 3.91. The van der Waals surface area contributed by atoms with E-state index in [0.717, 1.165) is 5.56 Å². The van der Waals surface area contributed by atoms with E-state index in [9.17, 15) is 9.59 Å². The van der Waals surface area contributed by atoms with E-state index in [1.54, 1.807) is 30.6 Å². The lowest BCUT2D eigenvalue weighted by Crippen LogP contribution is -2.31. The maximum absolute atomic E-state index is 12.5. The lowest BCUT2D eigenvalue weighted by Gasteiger charge is -2.23. The number of hydrogen-bond donors (Lipinski definition) is 3. The number of nitrogens with zero attached hydrogens (tertiary/aromatic N) is 3. The van der Waals surface area contributed by atoms with Gasteiger partial charge in [-0.3, -0.25) is 9.78 Å². The van der Waals surface area contributed by atoms with E-state index in [2.05, 4.69) is 20.3 Å². The van der Waals surface area contributed by atoms with Gasteiger partial charge < -0.3 is 16.0 Å². The second kappa shape index (κ2) is 5.75. The van der Waals surface area contributed by atoms with Crippen LogP contribution in [-0.2, 0) is 4.79 Å². The number of carbonyl (C=O) groups excluding carboxylic acids is 1. The molecule has 8 heteroatoms. The number of aromatic amines is 1. The number of imidazole rings is 1. The highest BCUT2D eigenvalue weighted by Crippen LogP contribution is 2.29. The molecular weight excluding hydrogens is 320 g/mol. The van der Waals surface area contributed by atoms with Gasteiger partial charge in [0.05, 0.1) is 5.69 Å². The molecule has 1 aliphatic heterocycles. The van der Waals surface area contributed by atoms with Crippen LogP contribution in [0.3, 0.4) is 0 Å². The summed E-state index contributed by atoms with van der Waals surface area (Å²) >= 11 is 0. The molecule has 0 radical (unpaired) electrons. The Hall–Kier alpha value is -3.68. The Labute approximate surface area is 142 Å². The minimum absolute atomic E-state index is 0.0226. The summed E-state index contributed by atoms with van der Waals surface area (Å²) in [5.74, 6) is -0.271. The number of H-pyrrole nitrogens is 1. The topological polar surface area (TPSA) is 118 Å². The largest absolute Gasteiger partial charge is 0.364 e. The van der Waals surface area contributed by atoms with Gasteiger partial charge in [-0.15, -0.1) is 0 Å². The summed E-state index contributed by atoms with van der Waals surface area (Å²) in [5.41, 5.74) is 6.80. The molecule has 0 bridgehead atoms. The predicted molar refractivity (Wildman–Crippen MR) is 92.7 cm³/mol. The summed E-state index contributed by atoms with van der Waals surface area (Å²) < 4.78 is 1.45. The zero-order chi connectivity index (χ0) is 17.4. The van der Waals surface area contributed by atoms with E-state index in [-0.39, 0.29) is 17.1 Å². The van der Waals surface area contributed by atoms with E-state index < -0.39 is 12.1 Å². The summed E-state index contributed by atoms with van der Waals surface area (Å²) in [7, 11) is 0. The fourth-order valence-electron chi connectivity index (χ4n) is 2.80. The Morgan fingerprint density at radius 3 is 2.64 bits per heavy atom. The standard InChI is InChI=1S/C17H14N6O2/c18-14(24)12-13-16(22-15(20-12)10-5-4-8-19-9-10)23(17(25)21-13)11-6-2-1-3-7-11/h1-9,15,22H,(H2,18,24)(H,21,25). The molecule has 0 saturated heterocycles. The minimum Gasteiger partial charge on any atom is -0.364 e. The SMILES string of the molecule is NC(=O)C1=NC(c2cccnc2)Nc2c1[nH]c(=O)n2-c1ccccc1. The van der Waals surface area contributed by atoms with Gasteiger partial charge in [0.2, 0.25) is 0 Å². The average molecular weight is 334 g/mol. The molecule has 2 aromatic heterocycles. The van der Waals surface area contributed by atoms with E-state index >= 15 is 0 Å². The summed E-state index contributed by atoms with van der Waals surface area (Å²) in [5, 5.41) is 3.18. The zero-order valence-corrected chi connectivity index (χ0v) is 13.0. The van der Waals surface area contributed by atoms with Crippen LogP contribution in [0.4, 0.5) is 5.82 Å². The van der Waals surface area contributed by atoms with E-state index in [1.165, 1.54) is 4.57 Å². The van der Waals surface area contributed by atoms with Gasteiger partial charge in [0.15, 0.2) is 5.71 Å². The van der Waals surface area contributed by atoms with Gasteiger partial charge in [-0.1, -0.05) is 24.3 Å². The second-order valence-electron chi connectivity index (χ2n) is 5.50. The molecule has 25 heavy (non-hydrogen) atoms. The van der Waals surface area contributed by atoms with Crippen molar-refractivity contribution in [2.24, 2.45) is 10.7 Å². The third kappa shape index (κ3) is 2.49. The number of aliphatic imine (C=N–C) groups is 1. The highest BCUT2D eigenvalue weighted by atomic mass is 16.2. The van der Waals surface area contributed by atoms with E-state index in [0.29, 0.717) is 11.5 Å². The van der Waals surface area contributed by atoms with Crippen molar-refractivity contribution in [3.8, 4) is 5.69 Å². The van der Waals surface area contributed by atoms with Crippen molar-refractivity contribution < 1.29 is 4.79 Å². The summed E-state index contributed by atoms with van der Waals surface area (Å²) in [6, 6.07) is 12.7. The normalized spacial score (nSPS) is 15.8. The zero-order valence-electron chi connectivity index (χ0n) is 13.0. The molecule has 0 fully saturated rings. The predicted octanol–water partition coefficient (Wildman–Crippen LogP) is 0.959. The summed E-state index contributed by atoms with van der Waals surface area (Å²) in [4.78, 5) is 35.4. The molecule has 0 saturated carbocycles. The highest BCUT2D eigenvalue weighted by molar-refractivity contribution is 6.45. The van der Waals surface area contributed by atoms with Crippen molar-refractivity contribution in [2.75, 3.05) is 5.32 Å².